The first-order valence-electron chi connectivity index (χ1n) is 6.33. The van der Waals surface area contributed by atoms with Gasteiger partial charge in [0.2, 0.25) is 0 Å². The Morgan fingerprint density at radius 3 is 3.00 bits per heavy atom. The van der Waals surface area contributed by atoms with Crippen molar-refractivity contribution >= 4 is 11.6 Å². The van der Waals surface area contributed by atoms with Crippen LogP contribution >= 0.6 is 0 Å². The molecule has 5 heteroatoms. The van der Waals surface area contributed by atoms with Crippen molar-refractivity contribution in [2.75, 3.05) is 31.6 Å². The van der Waals surface area contributed by atoms with Crippen LogP contribution in [0.25, 0.3) is 0 Å². The third-order valence-electron chi connectivity index (χ3n) is 2.33. The highest BCUT2D eigenvalue weighted by Gasteiger charge is 2.05. The SMILES string of the molecule is CCNC(=O)c1cc(NCCCOCC)ccn1. The molecule has 18 heavy (non-hydrogen) atoms. The van der Waals surface area contributed by atoms with Crippen LogP contribution in [0.1, 0.15) is 30.8 Å². The lowest BCUT2D eigenvalue weighted by Gasteiger charge is -2.07. The highest BCUT2D eigenvalue weighted by molar-refractivity contribution is 5.93. The fourth-order valence-electron chi connectivity index (χ4n) is 1.47. The Bertz CT molecular complexity index is 369. The molecule has 0 bridgehead atoms. The number of hydrogen-bond acceptors (Lipinski definition) is 4. The minimum atomic E-state index is -0.143. The van der Waals surface area contributed by atoms with Crippen LogP contribution in [0.3, 0.4) is 0 Å². The van der Waals surface area contributed by atoms with Crippen molar-refractivity contribution in [2.45, 2.75) is 20.3 Å². The van der Waals surface area contributed by atoms with Gasteiger partial charge in [0.25, 0.3) is 5.91 Å². The molecule has 1 aromatic heterocycles. The number of carbonyl (C=O) groups excluding carboxylic acids is 1. The van der Waals surface area contributed by atoms with Crippen LogP contribution in [-0.2, 0) is 4.74 Å². The molecule has 0 saturated heterocycles. The number of pyridine rings is 1. The summed E-state index contributed by atoms with van der Waals surface area (Å²) in [4.78, 5) is 15.6. The summed E-state index contributed by atoms with van der Waals surface area (Å²) >= 11 is 0. The van der Waals surface area contributed by atoms with Crippen LogP contribution < -0.4 is 10.6 Å². The lowest BCUT2D eigenvalue weighted by Crippen LogP contribution is -2.23. The molecule has 0 saturated carbocycles. The number of rotatable bonds is 8. The van der Waals surface area contributed by atoms with E-state index in [4.69, 9.17) is 4.74 Å². The molecule has 1 aromatic rings. The topological polar surface area (TPSA) is 63.2 Å². The minimum absolute atomic E-state index is 0.143. The molecule has 0 aliphatic heterocycles. The van der Waals surface area contributed by atoms with Gasteiger partial charge in [0.1, 0.15) is 5.69 Å². The van der Waals surface area contributed by atoms with Gasteiger partial charge in [-0.25, -0.2) is 0 Å². The van der Waals surface area contributed by atoms with Crippen molar-refractivity contribution in [3.8, 4) is 0 Å². The van der Waals surface area contributed by atoms with Crippen LogP contribution in [0, 0.1) is 0 Å². The Morgan fingerprint density at radius 1 is 1.44 bits per heavy atom. The van der Waals surface area contributed by atoms with Gasteiger partial charge in [-0.05, 0) is 32.4 Å². The summed E-state index contributed by atoms with van der Waals surface area (Å²) in [6.45, 7) is 6.78. The van der Waals surface area contributed by atoms with E-state index in [2.05, 4.69) is 15.6 Å². The molecule has 1 rings (SSSR count). The minimum Gasteiger partial charge on any atom is -0.385 e. The van der Waals surface area contributed by atoms with E-state index in [1.54, 1.807) is 12.3 Å². The fourth-order valence-corrected chi connectivity index (χ4v) is 1.47. The van der Waals surface area contributed by atoms with E-state index in [9.17, 15) is 4.79 Å². The first-order chi connectivity index (χ1) is 8.77. The van der Waals surface area contributed by atoms with Gasteiger partial charge in [0.15, 0.2) is 0 Å². The number of nitrogens with zero attached hydrogens (tertiary/aromatic N) is 1. The third-order valence-corrected chi connectivity index (χ3v) is 2.33. The normalized spacial score (nSPS) is 10.1. The monoisotopic (exact) mass is 251 g/mol. The summed E-state index contributed by atoms with van der Waals surface area (Å²) in [7, 11) is 0. The molecular formula is C13H21N3O2. The van der Waals surface area contributed by atoms with Gasteiger partial charge in [-0.15, -0.1) is 0 Å². The second kappa shape index (κ2) is 8.47. The molecule has 0 radical (unpaired) electrons. The van der Waals surface area contributed by atoms with E-state index in [-0.39, 0.29) is 5.91 Å². The Balaban J connectivity index is 2.42. The Morgan fingerprint density at radius 2 is 2.28 bits per heavy atom. The maximum Gasteiger partial charge on any atom is 0.269 e. The molecule has 2 N–H and O–H groups in total. The quantitative estimate of drug-likeness (QED) is 0.690. The Labute approximate surface area is 108 Å². The molecular weight excluding hydrogens is 230 g/mol. The van der Waals surface area contributed by atoms with Crippen LogP contribution in [0.5, 0.6) is 0 Å². The predicted molar refractivity (Wildman–Crippen MR) is 71.8 cm³/mol. The van der Waals surface area contributed by atoms with E-state index in [1.807, 2.05) is 19.9 Å². The number of nitrogens with one attached hydrogen (secondary N) is 2. The molecule has 1 amide bonds. The third kappa shape index (κ3) is 5.14. The van der Waals surface area contributed by atoms with Gasteiger partial charge < -0.3 is 15.4 Å². The largest absolute Gasteiger partial charge is 0.385 e. The van der Waals surface area contributed by atoms with Crippen molar-refractivity contribution < 1.29 is 9.53 Å². The molecule has 0 spiro atoms. The molecule has 0 atom stereocenters. The number of anilines is 1. The molecule has 0 aliphatic rings. The van der Waals surface area contributed by atoms with E-state index in [0.29, 0.717) is 12.2 Å². The summed E-state index contributed by atoms with van der Waals surface area (Å²) < 4.78 is 5.25. The van der Waals surface area contributed by atoms with Crippen molar-refractivity contribution in [1.29, 1.82) is 0 Å². The van der Waals surface area contributed by atoms with Crippen molar-refractivity contribution in [2.24, 2.45) is 0 Å². The average molecular weight is 251 g/mol. The Hall–Kier alpha value is -1.62. The number of hydrogen-bond donors (Lipinski definition) is 2. The van der Waals surface area contributed by atoms with E-state index >= 15 is 0 Å². The maximum atomic E-state index is 11.6. The van der Waals surface area contributed by atoms with E-state index < -0.39 is 0 Å². The second-order valence-corrected chi connectivity index (χ2v) is 3.77. The van der Waals surface area contributed by atoms with E-state index in [1.165, 1.54) is 0 Å². The summed E-state index contributed by atoms with van der Waals surface area (Å²) in [5, 5.41) is 5.96. The molecule has 0 fully saturated rings. The molecule has 0 unspecified atom stereocenters. The van der Waals surface area contributed by atoms with Gasteiger partial charge >= 0.3 is 0 Å². The maximum absolute atomic E-state index is 11.6. The first-order valence-corrected chi connectivity index (χ1v) is 6.33. The fraction of sp³-hybridized carbons (Fsp3) is 0.538. The molecule has 0 aliphatic carbocycles. The lowest BCUT2D eigenvalue weighted by molar-refractivity contribution is 0.0951. The summed E-state index contributed by atoms with van der Waals surface area (Å²) in [5.41, 5.74) is 1.34. The predicted octanol–water partition coefficient (Wildman–Crippen LogP) is 1.67. The van der Waals surface area contributed by atoms with Gasteiger partial charge in [0.05, 0.1) is 0 Å². The molecule has 1 heterocycles. The standard InChI is InChI=1S/C13H21N3O2/c1-3-14-13(17)12-10-11(6-8-16-12)15-7-5-9-18-4-2/h6,8,10H,3-5,7,9H2,1-2H3,(H,14,17)(H,15,16). The number of aromatic nitrogens is 1. The van der Waals surface area contributed by atoms with Gasteiger partial charge in [-0.2, -0.15) is 0 Å². The van der Waals surface area contributed by atoms with Gasteiger partial charge in [-0.1, -0.05) is 0 Å². The zero-order chi connectivity index (χ0) is 13.2. The Kier molecular flexibility index (Phi) is 6.79. The number of amides is 1. The van der Waals surface area contributed by atoms with Crippen LogP contribution in [-0.4, -0.2) is 37.2 Å². The van der Waals surface area contributed by atoms with Gasteiger partial charge in [-0.3, -0.25) is 9.78 Å². The van der Waals surface area contributed by atoms with Crippen molar-refractivity contribution in [3.63, 3.8) is 0 Å². The lowest BCUT2D eigenvalue weighted by atomic mass is 10.3. The van der Waals surface area contributed by atoms with Crippen molar-refractivity contribution in [3.05, 3.63) is 24.0 Å². The van der Waals surface area contributed by atoms with Crippen molar-refractivity contribution in [1.82, 2.24) is 10.3 Å². The van der Waals surface area contributed by atoms with Crippen LogP contribution in [0.4, 0.5) is 5.69 Å². The zero-order valence-electron chi connectivity index (χ0n) is 11.0. The number of carbonyl (C=O) groups is 1. The second-order valence-electron chi connectivity index (χ2n) is 3.77. The molecule has 100 valence electrons. The first kappa shape index (κ1) is 14.4. The summed E-state index contributed by atoms with van der Waals surface area (Å²) in [5.74, 6) is -0.143. The van der Waals surface area contributed by atoms with Gasteiger partial charge in [0, 0.05) is 38.2 Å². The summed E-state index contributed by atoms with van der Waals surface area (Å²) in [6, 6.07) is 3.61. The van der Waals surface area contributed by atoms with E-state index in [0.717, 1.165) is 31.9 Å². The van der Waals surface area contributed by atoms with Crippen LogP contribution in [0.15, 0.2) is 18.3 Å². The average Bonchev–Trinajstić information content (AvgIpc) is 2.39. The zero-order valence-corrected chi connectivity index (χ0v) is 11.0. The highest BCUT2D eigenvalue weighted by atomic mass is 16.5. The van der Waals surface area contributed by atoms with Crippen LogP contribution in [0.2, 0.25) is 0 Å². The molecule has 5 nitrogen and oxygen atoms in total. The molecule has 0 aromatic carbocycles. The smallest absolute Gasteiger partial charge is 0.269 e. The number of ether oxygens (including phenoxy) is 1. The summed E-state index contributed by atoms with van der Waals surface area (Å²) in [6.07, 6.45) is 2.57. The highest BCUT2D eigenvalue weighted by Crippen LogP contribution is 2.07.